The molecule has 0 fully saturated rings. The lowest BCUT2D eigenvalue weighted by Crippen LogP contribution is -2.27. The third-order valence-corrected chi connectivity index (χ3v) is 3.17. The first kappa shape index (κ1) is 13.3. The van der Waals surface area contributed by atoms with Crippen molar-refractivity contribution < 1.29 is 9.18 Å². The van der Waals surface area contributed by atoms with E-state index in [2.05, 4.69) is 10.4 Å². The predicted octanol–water partition coefficient (Wildman–Crippen LogP) is 2.36. The molecule has 5 heteroatoms. The molecule has 0 aliphatic heterocycles. The largest absolute Gasteiger partial charge is 0.345 e. The van der Waals surface area contributed by atoms with E-state index in [0.717, 1.165) is 11.3 Å². The molecule has 0 aliphatic carbocycles. The van der Waals surface area contributed by atoms with E-state index in [1.807, 2.05) is 20.9 Å². The summed E-state index contributed by atoms with van der Waals surface area (Å²) < 4.78 is 14.8. The van der Waals surface area contributed by atoms with Gasteiger partial charge in [0.1, 0.15) is 5.82 Å². The second-order valence-electron chi connectivity index (χ2n) is 4.51. The molecule has 100 valence electrons. The number of nitrogens with zero attached hydrogens (tertiary/aromatic N) is 2. The number of carbonyl (C=O) groups excluding carboxylic acids is 1. The van der Waals surface area contributed by atoms with Gasteiger partial charge in [-0.1, -0.05) is 6.07 Å². The zero-order valence-corrected chi connectivity index (χ0v) is 11.1. The van der Waals surface area contributed by atoms with Gasteiger partial charge in [0.2, 0.25) is 0 Å². The lowest BCUT2D eigenvalue weighted by molar-refractivity contribution is 0.0939. The first-order chi connectivity index (χ1) is 8.99. The van der Waals surface area contributed by atoms with E-state index in [9.17, 15) is 9.18 Å². The minimum atomic E-state index is -0.419. The number of hydrogen-bond acceptors (Lipinski definition) is 2. The fourth-order valence-electron chi connectivity index (χ4n) is 1.93. The smallest absolute Gasteiger partial charge is 0.251 e. The Morgan fingerprint density at radius 2 is 2.21 bits per heavy atom. The number of nitrogens with one attached hydrogen (secondary N) is 1. The first-order valence-corrected chi connectivity index (χ1v) is 6.04. The standard InChI is InChI=1S/C14H16FN3O/c1-9(13-8-16-18(3)10(13)2)17-14(19)11-5-4-6-12(15)7-11/h4-9H,1-3H3,(H,17,19). The average Bonchev–Trinajstić information content (AvgIpc) is 2.70. The Kier molecular flexibility index (Phi) is 3.64. The van der Waals surface area contributed by atoms with E-state index in [0.29, 0.717) is 5.56 Å². The van der Waals surface area contributed by atoms with Gasteiger partial charge in [0, 0.05) is 23.9 Å². The number of hydrogen-bond donors (Lipinski definition) is 1. The van der Waals surface area contributed by atoms with E-state index in [1.54, 1.807) is 16.9 Å². The van der Waals surface area contributed by atoms with E-state index >= 15 is 0 Å². The number of benzene rings is 1. The van der Waals surface area contributed by atoms with Gasteiger partial charge in [-0.25, -0.2) is 4.39 Å². The zero-order chi connectivity index (χ0) is 14.0. The Morgan fingerprint density at radius 3 is 2.79 bits per heavy atom. The molecule has 1 heterocycles. The van der Waals surface area contributed by atoms with Crippen LogP contribution in [-0.2, 0) is 7.05 Å². The minimum absolute atomic E-state index is 0.176. The van der Waals surface area contributed by atoms with Crippen LogP contribution in [-0.4, -0.2) is 15.7 Å². The SMILES string of the molecule is Cc1c(C(C)NC(=O)c2cccc(F)c2)cnn1C. The molecule has 1 aromatic heterocycles. The van der Waals surface area contributed by atoms with Crippen LogP contribution in [0.1, 0.15) is 34.6 Å². The molecular formula is C14H16FN3O. The van der Waals surface area contributed by atoms with Crippen molar-refractivity contribution in [2.24, 2.45) is 7.05 Å². The summed E-state index contributed by atoms with van der Waals surface area (Å²) in [6, 6.07) is 5.46. The summed E-state index contributed by atoms with van der Waals surface area (Å²) in [5, 5.41) is 6.97. The molecule has 1 aromatic carbocycles. The van der Waals surface area contributed by atoms with Gasteiger partial charge in [-0.15, -0.1) is 0 Å². The number of aryl methyl sites for hydroxylation is 1. The van der Waals surface area contributed by atoms with Gasteiger partial charge in [0.05, 0.1) is 12.2 Å². The van der Waals surface area contributed by atoms with Crippen LogP contribution in [0, 0.1) is 12.7 Å². The number of amides is 1. The van der Waals surface area contributed by atoms with E-state index < -0.39 is 5.82 Å². The second-order valence-corrected chi connectivity index (χ2v) is 4.51. The topological polar surface area (TPSA) is 46.9 Å². The van der Waals surface area contributed by atoms with E-state index in [4.69, 9.17) is 0 Å². The monoisotopic (exact) mass is 261 g/mol. The Hall–Kier alpha value is -2.17. The average molecular weight is 261 g/mol. The molecule has 2 aromatic rings. The highest BCUT2D eigenvalue weighted by molar-refractivity contribution is 5.94. The molecule has 0 saturated carbocycles. The fraction of sp³-hybridized carbons (Fsp3) is 0.286. The molecule has 0 bridgehead atoms. The van der Waals surface area contributed by atoms with Gasteiger partial charge in [-0.3, -0.25) is 9.48 Å². The maximum absolute atomic E-state index is 13.1. The molecule has 1 atom stereocenters. The molecule has 0 spiro atoms. The highest BCUT2D eigenvalue weighted by Gasteiger charge is 2.15. The summed E-state index contributed by atoms with van der Waals surface area (Å²) in [5.41, 5.74) is 2.26. The minimum Gasteiger partial charge on any atom is -0.345 e. The lowest BCUT2D eigenvalue weighted by Gasteiger charge is -2.13. The normalized spacial score (nSPS) is 12.2. The molecule has 1 unspecified atom stereocenters. The number of aromatic nitrogens is 2. The molecular weight excluding hydrogens is 245 g/mol. The Bertz CT molecular complexity index is 606. The molecule has 1 N–H and O–H groups in total. The van der Waals surface area contributed by atoms with Crippen molar-refractivity contribution in [2.75, 3.05) is 0 Å². The Labute approximate surface area is 111 Å². The zero-order valence-electron chi connectivity index (χ0n) is 11.1. The summed E-state index contributed by atoms with van der Waals surface area (Å²) in [6.07, 6.45) is 1.73. The lowest BCUT2D eigenvalue weighted by atomic mass is 10.1. The highest BCUT2D eigenvalue weighted by atomic mass is 19.1. The van der Waals surface area contributed by atoms with Crippen molar-refractivity contribution in [3.8, 4) is 0 Å². The van der Waals surface area contributed by atoms with Crippen LogP contribution in [0.5, 0.6) is 0 Å². The van der Waals surface area contributed by atoms with Crippen molar-refractivity contribution in [3.63, 3.8) is 0 Å². The molecule has 19 heavy (non-hydrogen) atoms. The van der Waals surface area contributed by atoms with Crippen LogP contribution in [0.25, 0.3) is 0 Å². The molecule has 2 rings (SSSR count). The molecule has 0 saturated heterocycles. The van der Waals surface area contributed by atoms with E-state index in [1.165, 1.54) is 18.2 Å². The van der Waals surface area contributed by atoms with Crippen molar-refractivity contribution >= 4 is 5.91 Å². The fourth-order valence-corrected chi connectivity index (χ4v) is 1.93. The molecule has 0 radical (unpaired) electrons. The van der Waals surface area contributed by atoms with Crippen LogP contribution in [0.15, 0.2) is 30.5 Å². The number of halogens is 1. The van der Waals surface area contributed by atoms with Crippen molar-refractivity contribution in [1.29, 1.82) is 0 Å². The van der Waals surface area contributed by atoms with Crippen LogP contribution in [0.4, 0.5) is 4.39 Å². The molecule has 1 amide bonds. The third kappa shape index (κ3) is 2.81. The van der Waals surface area contributed by atoms with Crippen LogP contribution >= 0.6 is 0 Å². The Morgan fingerprint density at radius 1 is 1.47 bits per heavy atom. The van der Waals surface area contributed by atoms with Gasteiger partial charge in [-0.2, -0.15) is 5.10 Å². The predicted molar refractivity (Wildman–Crippen MR) is 70.2 cm³/mol. The van der Waals surface area contributed by atoms with Crippen molar-refractivity contribution in [1.82, 2.24) is 15.1 Å². The highest BCUT2D eigenvalue weighted by Crippen LogP contribution is 2.16. The van der Waals surface area contributed by atoms with Crippen molar-refractivity contribution in [3.05, 3.63) is 53.1 Å². The third-order valence-electron chi connectivity index (χ3n) is 3.17. The quantitative estimate of drug-likeness (QED) is 0.922. The van der Waals surface area contributed by atoms with Crippen molar-refractivity contribution in [2.45, 2.75) is 19.9 Å². The van der Waals surface area contributed by atoms with Gasteiger partial charge in [0.25, 0.3) is 5.91 Å². The van der Waals surface area contributed by atoms with Gasteiger partial charge < -0.3 is 5.32 Å². The van der Waals surface area contributed by atoms with Gasteiger partial charge in [-0.05, 0) is 32.0 Å². The van der Waals surface area contributed by atoms with Crippen LogP contribution < -0.4 is 5.32 Å². The Balaban J connectivity index is 2.13. The van der Waals surface area contributed by atoms with Crippen LogP contribution in [0.3, 0.4) is 0 Å². The van der Waals surface area contributed by atoms with E-state index in [-0.39, 0.29) is 11.9 Å². The first-order valence-electron chi connectivity index (χ1n) is 6.04. The number of rotatable bonds is 3. The number of carbonyl (C=O) groups is 1. The summed E-state index contributed by atoms with van der Waals surface area (Å²) >= 11 is 0. The van der Waals surface area contributed by atoms with Gasteiger partial charge >= 0.3 is 0 Å². The molecule has 0 aliphatic rings. The summed E-state index contributed by atoms with van der Waals surface area (Å²) in [6.45, 7) is 3.81. The maximum atomic E-state index is 13.1. The summed E-state index contributed by atoms with van der Waals surface area (Å²) in [4.78, 5) is 12.0. The van der Waals surface area contributed by atoms with Gasteiger partial charge in [0.15, 0.2) is 0 Å². The summed E-state index contributed by atoms with van der Waals surface area (Å²) in [7, 11) is 1.85. The van der Waals surface area contributed by atoms with Crippen LogP contribution in [0.2, 0.25) is 0 Å². The molecule has 4 nitrogen and oxygen atoms in total. The maximum Gasteiger partial charge on any atom is 0.251 e. The summed E-state index contributed by atoms with van der Waals surface area (Å²) in [5.74, 6) is -0.715. The second kappa shape index (κ2) is 5.22.